The quantitative estimate of drug-likeness (QED) is 0.0766. The van der Waals surface area contributed by atoms with E-state index < -0.39 is 0 Å². The molecule has 0 heterocycles. The molecule has 0 aromatic heterocycles. The summed E-state index contributed by atoms with van der Waals surface area (Å²) < 4.78 is 71.2. The SMILES string of the molecule is CCCCCCCCCCCCOCCOCCOCCOCCOCCOCCOCCOCCOCCOCCOCCOCCOCC. The number of rotatable bonds is 48. The maximum absolute atomic E-state index is 5.65. The maximum Gasteiger partial charge on any atom is 0.0701 e. The van der Waals surface area contributed by atoms with Gasteiger partial charge in [-0.1, -0.05) is 64.7 Å². The van der Waals surface area contributed by atoms with Crippen molar-refractivity contribution in [2.45, 2.75) is 78.1 Å². The van der Waals surface area contributed by atoms with E-state index in [1.54, 1.807) is 0 Å². The zero-order valence-electron chi connectivity index (χ0n) is 32.8. The van der Waals surface area contributed by atoms with E-state index in [4.69, 9.17) is 61.6 Å². The van der Waals surface area contributed by atoms with Crippen molar-refractivity contribution >= 4 is 0 Å². The molecule has 0 aliphatic rings. The van der Waals surface area contributed by atoms with Gasteiger partial charge in [0.2, 0.25) is 0 Å². The van der Waals surface area contributed by atoms with Gasteiger partial charge in [0.1, 0.15) is 0 Å². The molecule has 308 valence electrons. The largest absolute Gasteiger partial charge is 0.379 e. The first kappa shape index (κ1) is 50.5. The van der Waals surface area contributed by atoms with Crippen LogP contribution in [0.25, 0.3) is 0 Å². The lowest BCUT2D eigenvalue weighted by atomic mass is 10.1. The van der Waals surface area contributed by atoms with Crippen molar-refractivity contribution in [1.29, 1.82) is 0 Å². The third-order valence-electron chi connectivity index (χ3n) is 7.31. The second kappa shape index (κ2) is 49.5. The molecule has 0 atom stereocenters. The standard InChI is InChI=1S/C38H78O13/c1-3-5-6-7-8-9-10-11-12-13-14-40-17-18-42-21-22-44-25-26-46-29-30-48-33-34-50-37-38-51-36-35-49-32-31-47-28-27-45-24-23-43-20-19-41-16-15-39-4-2/h3-38H2,1-2H3. The van der Waals surface area contributed by atoms with E-state index in [2.05, 4.69) is 6.92 Å². The lowest BCUT2D eigenvalue weighted by Gasteiger charge is -2.09. The van der Waals surface area contributed by atoms with Gasteiger partial charge in [-0.2, -0.15) is 0 Å². The van der Waals surface area contributed by atoms with Crippen LogP contribution in [-0.4, -0.2) is 172 Å². The summed E-state index contributed by atoms with van der Waals surface area (Å²) in [4.78, 5) is 0. The van der Waals surface area contributed by atoms with Gasteiger partial charge in [-0.15, -0.1) is 0 Å². The maximum atomic E-state index is 5.65. The van der Waals surface area contributed by atoms with Crippen LogP contribution in [0.2, 0.25) is 0 Å². The van der Waals surface area contributed by atoms with E-state index in [0.717, 1.165) is 13.0 Å². The number of hydrogen-bond acceptors (Lipinski definition) is 13. The Bertz CT molecular complexity index is 544. The van der Waals surface area contributed by atoms with Crippen molar-refractivity contribution < 1.29 is 61.6 Å². The summed E-state index contributed by atoms with van der Waals surface area (Å²) >= 11 is 0. The molecule has 0 aromatic carbocycles. The summed E-state index contributed by atoms with van der Waals surface area (Å²) in [7, 11) is 0. The van der Waals surface area contributed by atoms with Crippen molar-refractivity contribution in [3.05, 3.63) is 0 Å². The van der Waals surface area contributed by atoms with Gasteiger partial charge < -0.3 is 61.6 Å². The molecule has 0 unspecified atom stereocenters. The molecule has 0 amide bonds. The fourth-order valence-corrected chi connectivity index (χ4v) is 4.47. The minimum atomic E-state index is 0.517. The summed E-state index contributed by atoms with van der Waals surface area (Å²) in [5.41, 5.74) is 0. The van der Waals surface area contributed by atoms with E-state index in [-0.39, 0.29) is 0 Å². The Morgan fingerprint density at radius 3 is 0.569 bits per heavy atom. The average Bonchev–Trinajstić information content (AvgIpc) is 3.14. The third-order valence-corrected chi connectivity index (χ3v) is 7.31. The molecule has 13 heteroatoms. The second-order valence-corrected chi connectivity index (χ2v) is 11.7. The zero-order chi connectivity index (χ0) is 36.6. The number of hydrogen-bond donors (Lipinski definition) is 0. The van der Waals surface area contributed by atoms with E-state index in [0.29, 0.717) is 165 Å². The monoisotopic (exact) mass is 743 g/mol. The summed E-state index contributed by atoms with van der Waals surface area (Å²) in [5.74, 6) is 0. The molecule has 0 rings (SSSR count). The van der Waals surface area contributed by atoms with Gasteiger partial charge in [-0.05, 0) is 13.3 Å². The van der Waals surface area contributed by atoms with Crippen molar-refractivity contribution in [1.82, 2.24) is 0 Å². The topological polar surface area (TPSA) is 120 Å². The van der Waals surface area contributed by atoms with Crippen LogP contribution in [0.5, 0.6) is 0 Å². The van der Waals surface area contributed by atoms with Crippen LogP contribution in [0.4, 0.5) is 0 Å². The van der Waals surface area contributed by atoms with Crippen LogP contribution in [-0.2, 0) is 61.6 Å². The third kappa shape index (κ3) is 49.5. The molecule has 0 spiro atoms. The van der Waals surface area contributed by atoms with Crippen molar-refractivity contribution in [2.24, 2.45) is 0 Å². The van der Waals surface area contributed by atoms with E-state index in [9.17, 15) is 0 Å². The van der Waals surface area contributed by atoms with Crippen LogP contribution < -0.4 is 0 Å². The minimum Gasteiger partial charge on any atom is -0.379 e. The van der Waals surface area contributed by atoms with Crippen molar-refractivity contribution in [2.75, 3.05) is 172 Å². The second-order valence-electron chi connectivity index (χ2n) is 11.7. The Kier molecular flexibility index (Phi) is 49.0. The van der Waals surface area contributed by atoms with E-state index in [1.165, 1.54) is 57.8 Å². The Labute approximate surface area is 311 Å². The lowest BCUT2D eigenvalue weighted by molar-refractivity contribution is -0.0289. The molecule has 0 N–H and O–H groups in total. The fraction of sp³-hybridized carbons (Fsp3) is 1.00. The van der Waals surface area contributed by atoms with Gasteiger partial charge in [0.15, 0.2) is 0 Å². The summed E-state index contributed by atoms with van der Waals surface area (Å²) in [5, 5.41) is 0. The molecule has 0 aliphatic heterocycles. The smallest absolute Gasteiger partial charge is 0.0701 e. The Morgan fingerprint density at radius 1 is 0.176 bits per heavy atom. The highest BCUT2D eigenvalue weighted by Crippen LogP contribution is 2.10. The number of ether oxygens (including phenoxy) is 13. The van der Waals surface area contributed by atoms with Gasteiger partial charge in [0, 0.05) is 13.2 Å². The van der Waals surface area contributed by atoms with Gasteiger partial charge in [-0.3, -0.25) is 0 Å². The fourth-order valence-electron chi connectivity index (χ4n) is 4.47. The van der Waals surface area contributed by atoms with Gasteiger partial charge >= 0.3 is 0 Å². The Balaban J connectivity index is 3.04. The first-order valence-corrected chi connectivity index (χ1v) is 19.9. The van der Waals surface area contributed by atoms with Crippen LogP contribution >= 0.6 is 0 Å². The lowest BCUT2D eigenvalue weighted by Crippen LogP contribution is -2.15. The highest BCUT2D eigenvalue weighted by Gasteiger charge is 1.98. The van der Waals surface area contributed by atoms with Crippen molar-refractivity contribution in [3.63, 3.8) is 0 Å². The Morgan fingerprint density at radius 2 is 0.353 bits per heavy atom. The molecular weight excluding hydrogens is 664 g/mol. The average molecular weight is 743 g/mol. The highest BCUT2D eigenvalue weighted by atomic mass is 16.6. The molecule has 0 radical (unpaired) electrons. The van der Waals surface area contributed by atoms with Crippen LogP contribution in [0.15, 0.2) is 0 Å². The Hall–Kier alpha value is -0.520. The minimum absolute atomic E-state index is 0.517. The van der Waals surface area contributed by atoms with Crippen LogP contribution in [0, 0.1) is 0 Å². The predicted molar refractivity (Wildman–Crippen MR) is 198 cm³/mol. The molecule has 0 saturated heterocycles. The summed E-state index contributed by atoms with van der Waals surface area (Å²) in [6.07, 6.45) is 13.4. The molecule has 0 fully saturated rings. The first-order chi connectivity index (χ1) is 25.4. The molecular formula is C38H78O13. The van der Waals surface area contributed by atoms with Crippen LogP contribution in [0.3, 0.4) is 0 Å². The predicted octanol–water partition coefficient (Wildman–Crippen LogP) is 5.14. The summed E-state index contributed by atoms with van der Waals surface area (Å²) in [6.45, 7) is 18.9. The van der Waals surface area contributed by atoms with Crippen LogP contribution in [0.1, 0.15) is 78.1 Å². The zero-order valence-corrected chi connectivity index (χ0v) is 32.8. The number of unbranched alkanes of at least 4 members (excludes halogenated alkanes) is 9. The molecule has 51 heavy (non-hydrogen) atoms. The van der Waals surface area contributed by atoms with Crippen molar-refractivity contribution in [3.8, 4) is 0 Å². The molecule has 0 bridgehead atoms. The van der Waals surface area contributed by atoms with E-state index in [1.807, 2.05) is 6.92 Å². The first-order valence-electron chi connectivity index (χ1n) is 19.9. The summed E-state index contributed by atoms with van der Waals surface area (Å²) in [6, 6.07) is 0. The molecule has 0 aliphatic carbocycles. The normalized spacial score (nSPS) is 11.6. The van der Waals surface area contributed by atoms with Gasteiger partial charge in [0.25, 0.3) is 0 Å². The molecule has 0 saturated carbocycles. The van der Waals surface area contributed by atoms with E-state index >= 15 is 0 Å². The molecule has 13 nitrogen and oxygen atoms in total. The van der Waals surface area contributed by atoms with Gasteiger partial charge in [-0.25, -0.2) is 0 Å². The highest BCUT2D eigenvalue weighted by molar-refractivity contribution is 4.47. The van der Waals surface area contributed by atoms with Gasteiger partial charge in [0.05, 0.1) is 159 Å². The molecule has 0 aromatic rings.